The van der Waals surface area contributed by atoms with Gasteiger partial charge in [0.15, 0.2) is 11.5 Å². The van der Waals surface area contributed by atoms with Gasteiger partial charge in [-0.25, -0.2) is 4.68 Å². The summed E-state index contributed by atoms with van der Waals surface area (Å²) in [5.74, 6) is 2.03. The zero-order valence-corrected chi connectivity index (χ0v) is 25.5. The molecule has 1 unspecified atom stereocenters. The predicted molar refractivity (Wildman–Crippen MR) is 170 cm³/mol. The zero-order valence-electron chi connectivity index (χ0n) is 24.7. The van der Waals surface area contributed by atoms with Gasteiger partial charge in [-0.15, -0.1) is 11.8 Å². The summed E-state index contributed by atoms with van der Waals surface area (Å²) in [6.07, 6.45) is 1.56. The highest BCUT2D eigenvalue weighted by Gasteiger charge is 2.38. The van der Waals surface area contributed by atoms with Gasteiger partial charge in [-0.2, -0.15) is 5.10 Å². The molecule has 3 aromatic carbocycles. The number of nitrogens with zero attached hydrogens (tertiary/aromatic N) is 3. The maximum absolute atomic E-state index is 14.0. The molecule has 2 amide bonds. The number of fused-ring (bicyclic) bond motifs is 1. The summed E-state index contributed by atoms with van der Waals surface area (Å²) in [5, 5.41) is 7.73. The molecule has 1 aliphatic heterocycles. The lowest BCUT2D eigenvalue weighted by Crippen LogP contribution is -2.42. The van der Waals surface area contributed by atoms with E-state index in [1.54, 1.807) is 42.2 Å². The van der Waals surface area contributed by atoms with E-state index in [0.29, 0.717) is 23.1 Å². The molecule has 1 aliphatic rings. The quantitative estimate of drug-likeness (QED) is 0.221. The summed E-state index contributed by atoms with van der Waals surface area (Å²) in [4.78, 5) is 28.9. The maximum atomic E-state index is 14.0. The number of carbonyl (C=O) groups is 2. The normalized spacial score (nSPS) is 14.6. The molecule has 0 aliphatic carbocycles. The molecule has 1 atom stereocenters. The van der Waals surface area contributed by atoms with Gasteiger partial charge in [-0.05, 0) is 54.4 Å². The number of amides is 2. The van der Waals surface area contributed by atoms with Crippen LogP contribution >= 0.6 is 11.8 Å². The predicted octanol–water partition coefficient (Wildman–Crippen LogP) is 5.94. The summed E-state index contributed by atoms with van der Waals surface area (Å²) >= 11 is 1.50. The third-order valence-electron chi connectivity index (χ3n) is 7.43. The Morgan fingerprint density at radius 3 is 2.55 bits per heavy atom. The standard InChI is InChI=1S/C34H32N4O5S/c1-22-9-7-12-25(17-22)38-34-31(32(36-38)23-10-5-4-6-11-23)33(24-14-15-27(41-2)28(18-24)42-3)44-21-30(40)37(34)20-29(39)35-19-26-13-8-16-43-26/h4-18,33H,19-21H2,1-3H3,(H,35,39). The van der Waals surface area contributed by atoms with E-state index in [1.807, 2.05) is 79.7 Å². The Morgan fingerprint density at radius 1 is 1.00 bits per heavy atom. The molecule has 5 aromatic rings. The van der Waals surface area contributed by atoms with Gasteiger partial charge in [0.2, 0.25) is 11.8 Å². The minimum atomic E-state index is -0.312. The van der Waals surface area contributed by atoms with Gasteiger partial charge >= 0.3 is 0 Å². The molecule has 2 aromatic heterocycles. The SMILES string of the molecule is COc1ccc(C2SCC(=O)N(CC(=O)NCc3ccco3)c3c2c(-c2ccccc2)nn3-c2cccc(C)c2)cc1OC. The fourth-order valence-electron chi connectivity index (χ4n) is 5.35. The largest absolute Gasteiger partial charge is 0.493 e. The molecule has 0 saturated heterocycles. The number of ether oxygens (including phenoxy) is 2. The third-order valence-corrected chi connectivity index (χ3v) is 8.69. The Morgan fingerprint density at radius 2 is 1.82 bits per heavy atom. The number of aryl methyl sites for hydroxylation is 1. The molecule has 0 fully saturated rings. The van der Waals surface area contributed by atoms with Crippen molar-refractivity contribution in [2.45, 2.75) is 18.7 Å². The fourth-order valence-corrected chi connectivity index (χ4v) is 6.53. The van der Waals surface area contributed by atoms with Gasteiger partial charge in [0.1, 0.15) is 18.1 Å². The van der Waals surface area contributed by atoms with Crippen molar-refractivity contribution in [3.8, 4) is 28.4 Å². The van der Waals surface area contributed by atoms with Crippen LogP contribution in [-0.2, 0) is 16.1 Å². The van der Waals surface area contributed by atoms with E-state index in [2.05, 4.69) is 5.32 Å². The Bertz CT molecular complexity index is 1780. The average Bonchev–Trinajstić information content (AvgIpc) is 3.69. The van der Waals surface area contributed by atoms with E-state index in [0.717, 1.165) is 33.6 Å². The molecule has 0 bridgehead atoms. The van der Waals surface area contributed by atoms with E-state index in [4.69, 9.17) is 19.0 Å². The molecular formula is C34H32N4O5S. The van der Waals surface area contributed by atoms with Gasteiger partial charge in [-0.1, -0.05) is 48.5 Å². The van der Waals surface area contributed by atoms with Crippen molar-refractivity contribution >= 4 is 29.4 Å². The van der Waals surface area contributed by atoms with Crippen LogP contribution in [-0.4, -0.2) is 48.1 Å². The van der Waals surface area contributed by atoms with Gasteiger partial charge in [0.05, 0.1) is 49.4 Å². The molecule has 44 heavy (non-hydrogen) atoms. The number of benzene rings is 3. The minimum absolute atomic E-state index is 0.154. The van der Waals surface area contributed by atoms with Crippen molar-refractivity contribution in [2.75, 3.05) is 31.4 Å². The molecule has 0 spiro atoms. The molecular weight excluding hydrogens is 576 g/mol. The van der Waals surface area contributed by atoms with Crippen LogP contribution in [0.3, 0.4) is 0 Å². The number of anilines is 1. The first-order valence-corrected chi connectivity index (χ1v) is 15.2. The molecule has 6 rings (SSSR count). The van der Waals surface area contributed by atoms with Gasteiger partial charge in [0.25, 0.3) is 0 Å². The van der Waals surface area contributed by atoms with Crippen molar-refractivity contribution in [2.24, 2.45) is 0 Å². The summed E-state index contributed by atoms with van der Waals surface area (Å²) in [7, 11) is 3.20. The first-order valence-electron chi connectivity index (χ1n) is 14.1. The molecule has 10 heteroatoms. The molecule has 3 heterocycles. The third kappa shape index (κ3) is 5.80. The lowest BCUT2D eigenvalue weighted by molar-refractivity contribution is -0.123. The van der Waals surface area contributed by atoms with Crippen LogP contribution in [0.4, 0.5) is 5.82 Å². The summed E-state index contributed by atoms with van der Waals surface area (Å²) in [6, 6.07) is 27.2. The van der Waals surface area contributed by atoms with Crippen LogP contribution in [0.5, 0.6) is 11.5 Å². The highest BCUT2D eigenvalue weighted by atomic mass is 32.2. The number of rotatable bonds is 9. The van der Waals surface area contributed by atoms with Gasteiger partial charge in [-0.3, -0.25) is 14.5 Å². The van der Waals surface area contributed by atoms with Crippen LogP contribution in [0.15, 0.2) is 95.6 Å². The number of furan rings is 1. The maximum Gasteiger partial charge on any atom is 0.240 e. The molecule has 0 radical (unpaired) electrons. The first kappa shape index (κ1) is 29.1. The lowest BCUT2D eigenvalue weighted by atomic mass is 9.99. The van der Waals surface area contributed by atoms with Gasteiger partial charge in [0, 0.05) is 11.1 Å². The Balaban J connectivity index is 1.55. The highest BCUT2D eigenvalue weighted by Crippen LogP contribution is 2.49. The second-order valence-corrected chi connectivity index (χ2v) is 11.4. The van der Waals surface area contributed by atoms with Crippen molar-refractivity contribution in [3.05, 3.63) is 114 Å². The number of hydrogen-bond acceptors (Lipinski definition) is 7. The number of carbonyl (C=O) groups excluding carboxylic acids is 2. The number of hydrogen-bond donors (Lipinski definition) is 1. The average molecular weight is 609 g/mol. The van der Waals surface area contributed by atoms with Crippen LogP contribution in [0.2, 0.25) is 0 Å². The van der Waals surface area contributed by atoms with Crippen LogP contribution in [0.1, 0.15) is 27.7 Å². The summed E-state index contributed by atoms with van der Waals surface area (Å²) < 4.78 is 18.3. The smallest absolute Gasteiger partial charge is 0.240 e. The Hall–Kier alpha value is -4.96. The Labute approximate surface area is 259 Å². The molecule has 1 N–H and O–H groups in total. The molecule has 0 saturated carbocycles. The number of aromatic nitrogens is 2. The van der Waals surface area contributed by atoms with Crippen molar-refractivity contribution in [1.82, 2.24) is 15.1 Å². The topological polar surface area (TPSA) is 98.8 Å². The second kappa shape index (κ2) is 12.7. The summed E-state index contributed by atoms with van der Waals surface area (Å²) in [5.41, 5.74) is 5.21. The van der Waals surface area contributed by atoms with E-state index < -0.39 is 0 Å². The Kier molecular flexibility index (Phi) is 8.42. The first-order chi connectivity index (χ1) is 21.5. The van der Waals surface area contributed by atoms with Crippen LogP contribution in [0.25, 0.3) is 16.9 Å². The zero-order chi connectivity index (χ0) is 30.6. The number of thioether (sulfide) groups is 1. The number of nitrogens with one attached hydrogen (secondary N) is 1. The van der Waals surface area contributed by atoms with Gasteiger partial charge < -0.3 is 19.2 Å². The van der Waals surface area contributed by atoms with Crippen molar-refractivity contribution in [3.63, 3.8) is 0 Å². The van der Waals surface area contributed by atoms with E-state index in [9.17, 15) is 9.59 Å². The van der Waals surface area contributed by atoms with E-state index in [1.165, 1.54) is 11.8 Å². The van der Waals surface area contributed by atoms with Crippen molar-refractivity contribution in [1.29, 1.82) is 0 Å². The molecule has 224 valence electrons. The fraction of sp³-hybridized carbons (Fsp3) is 0.206. The molecule has 9 nitrogen and oxygen atoms in total. The number of methoxy groups -OCH3 is 2. The van der Waals surface area contributed by atoms with E-state index >= 15 is 0 Å². The van der Waals surface area contributed by atoms with E-state index in [-0.39, 0.29) is 35.9 Å². The second-order valence-electron chi connectivity index (χ2n) is 10.3. The monoisotopic (exact) mass is 608 g/mol. The van der Waals surface area contributed by atoms with Crippen LogP contribution < -0.4 is 19.7 Å². The minimum Gasteiger partial charge on any atom is -0.493 e. The summed E-state index contributed by atoms with van der Waals surface area (Å²) in [6.45, 7) is 2.05. The van der Waals surface area contributed by atoms with Crippen LogP contribution in [0, 0.1) is 6.92 Å². The van der Waals surface area contributed by atoms with Crippen molar-refractivity contribution < 1.29 is 23.5 Å². The lowest BCUT2D eigenvalue weighted by Gasteiger charge is -2.23. The highest BCUT2D eigenvalue weighted by molar-refractivity contribution is 8.00.